The zero-order valence-electron chi connectivity index (χ0n) is 14.9. The van der Waals surface area contributed by atoms with Gasteiger partial charge in [0.05, 0.1) is 11.8 Å². The molecule has 8 nitrogen and oxygen atoms in total. The Labute approximate surface area is 156 Å². The van der Waals surface area contributed by atoms with Gasteiger partial charge >= 0.3 is 6.09 Å². The molecule has 10 heteroatoms. The summed E-state index contributed by atoms with van der Waals surface area (Å²) < 4.78 is 10.2. The van der Waals surface area contributed by atoms with E-state index in [0.29, 0.717) is 23.3 Å². The van der Waals surface area contributed by atoms with Gasteiger partial charge in [-0.1, -0.05) is 0 Å². The minimum absolute atomic E-state index is 0.103. The lowest BCUT2D eigenvalue weighted by molar-refractivity contribution is -0.141. The zero-order chi connectivity index (χ0) is 18.6. The first kappa shape index (κ1) is 20.2. The number of hydrogen-bond acceptors (Lipinski definition) is 7. The maximum atomic E-state index is 13.0. The highest BCUT2D eigenvalue weighted by Gasteiger charge is 2.43. The average Bonchev–Trinajstić information content (AvgIpc) is 3.18. The molecule has 1 N–H and O–H groups in total. The average molecular weight is 392 g/mol. The van der Waals surface area contributed by atoms with Crippen LogP contribution in [-0.2, 0) is 19.1 Å². The maximum absolute atomic E-state index is 13.0. The first-order valence-corrected chi connectivity index (χ1v) is 10.3. The molecule has 2 aliphatic heterocycles. The molecule has 0 spiro atoms. The van der Waals surface area contributed by atoms with E-state index in [2.05, 4.69) is 5.32 Å². The Morgan fingerprint density at radius 1 is 1.08 bits per heavy atom. The normalized spacial score (nSPS) is 23.7. The fourth-order valence-corrected chi connectivity index (χ4v) is 4.77. The summed E-state index contributed by atoms with van der Waals surface area (Å²) in [5.41, 5.74) is -0.621. The first-order valence-electron chi connectivity index (χ1n) is 7.97. The SMILES string of the molecule is COCNC(=O)C1CSCN1C(=O)C1CSCN1C(=O)OC(C)(C)C. The number of thioether (sulfide) groups is 2. The fourth-order valence-electron chi connectivity index (χ4n) is 2.48. The molecule has 2 unspecified atom stereocenters. The van der Waals surface area contributed by atoms with E-state index >= 15 is 0 Å². The van der Waals surface area contributed by atoms with Crippen molar-refractivity contribution in [2.75, 3.05) is 37.1 Å². The van der Waals surface area contributed by atoms with E-state index in [1.165, 1.54) is 35.5 Å². The molecule has 142 valence electrons. The number of carbonyl (C=O) groups is 3. The molecule has 2 aliphatic rings. The number of nitrogens with one attached hydrogen (secondary N) is 1. The standard InChI is InChI=1S/C15H25N3O5S2/c1-15(2,3)23-14(21)18-9-25-6-11(18)13(20)17-8-24-5-10(17)12(19)16-7-22-4/h10-11H,5-9H2,1-4H3,(H,16,19). The Morgan fingerprint density at radius 2 is 1.68 bits per heavy atom. The lowest BCUT2D eigenvalue weighted by Gasteiger charge is -2.31. The molecule has 0 radical (unpaired) electrons. The van der Waals surface area contributed by atoms with Gasteiger partial charge in [-0.05, 0) is 20.8 Å². The van der Waals surface area contributed by atoms with Gasteiger partial charge in [0, 0.05) is 18.6 Å². The summed E-state index contributed by atoms with van der Waals surface area (Å²) in [5, 5.41) is 2.64. The summed E-state index contributed by atoms with van der Waals surface area (Å²) >= 11 is 3.03. The summed E-state index contributed by atoms with van der Waals surface area (Å²) in [5.74, 6) is 1.44. The highest BCUT2D eigenvalue weighted by Crippen LogP contribution is 2.28. The van der Waals surface area contributed by atoms with E-state index < -0.39 is 23.8 Å². The third-order valence-corrected chi connectivity index (χ3v) is 5.68. The van der Waals surface area contributed by atoms with E-state index in [-0.39, 0.29) is 18.5 Å². The van der Waals surface area contributed by atoms with Crippen LogP contribution in [0.3, 0.4) is 0 Å². The van der Waals surface area contributed by atoms with Crippen molar-refractivity contribution in [3.63, 3.8) is 0 Å². The highest BCUT2D eigenvalue weighted by atomic mass is 32.2. The van der Waals surface area contributed by atoms with Crippen molar-refractivity contribution in [2.45, 2.75) is 38.5 Å². The largest absolute Gasteiger partial charge is 0.444 e. The molecule has 2 atom stereocenters. The first-order chi connectivity index (χ1) is 11.7. The van der Waals surface area contributed by atoms with Crippen molar-refractivity contribution in [2.24, 2.45) is 0 Å². The fraction of sp³-hybridized carbons (Fsp3) is 0.800. The van der Waals surface area contributed by atoms with Crippen molar-refractivity contribution in [1.29, 1.82) is 0 Å². The Hall–Kier alpha value is -1.13. The van der Waals surface area contributed by atoms with E-state index in [1.54, 1.807) is 25.7 Å². The highest BCUT2D eigenvalue weighted by molar-refractivity contribution is 7.99. The van der Waals surface area contributed by atoms with Gasteiger partial charge in [-0.25, -0.2) is 4.79 Å². The lowest BCUT2D eigenvalue weighted by atomic mass is 10.2. The summed E-state index contributed by atoms with van der Waals surface area (Å²) in [7, 11) is 1.49. The van der Waals surface area contributed by atoms with Gasteiger partial charge in [-0.2, -0.15) is 0 Å². The Kier molecular flexibility index (Phi) is 6.86. The second-order valence-corrected chi connectivity index (χ2v) is 8.76. The molecule has 0 aromatic carbocycles. The molecule has 25 heavy (non-hydrogen) atoms. The Bertz CT molecular complexity index is 526. The summed E-state index contributed by atoms with van der Waals surface area (Å²) in [6.07, 6.45) is -0.497. The van der Waals surface area contributed by atoms with Crippen molar-refractivity contribution in [3.8, 4) is 0 Å². The zero-order valence-corrected chi connectivity index (χ0v) is 16.6. The van der Waals surface area contributed by atoms with Crippen molar-refractivity contribution >= 4 is 41.4 Å². The lowest BCUT2D eigenvalue weighted by Crippen LogP contribution is -2.54. The predicted octanol–water partition coefficient (Wildman–Crippen LogP) is 0.918. The van der Waals surface area contributed by atoms with Gasteiger partial charge in [-0.15, -0.1) is 23.5 Å². The summed E-state index contributed by atoms with van der Waals surface area (Å²) in [6.45, 7) is 5.47. The molecule has 2 saturated heterocycles. The van der Waals surface area contributed by atoms with Crippen LogP contribution in [-0.4, -0.2) is 82.5 Å². The van der Waals surface area contributed by atoms with Crippen LogP contribution < -0.4 is 5.32 Å². The molecule has 0 aromatic rings. The van der Waals surface area contributed by atoms with Gasteiger partial charge in [0.15, 0.2) is 0 Å². The summed E-state index contributed by atoms with van der Waals surface area (Å²) in [6, 6.07) is -1.14. The molecule has 0 aliphatic carbocycles. The molecule has 0 aromatic heterocycles. The number of rotatable bonds is 4. The molecule has 3 amide bonds. The van der Waals surface area contributed by atoms with Crippen molar-refractivity contribution in [3.05, 3.63) is 0 Å². The molecule has 0 saturated carbocycles. The number of ether oxygens (including phenoxy) is 2. The third kappa shape index (κ3) is 5.18. The van der Waals surface area contributed by atoms with Gasteiger partial charge in [0.25, 0.3) is 0 Å². The molecule has 2 fully saturated rings. The van der Waals surface area contributed by atoms with Crippen LogP contribution in [0.15, 0.2) is 0 Å². The third-order valence-electron chi connectivity index (χ3n) is 3.65. The Balaban J connectivity index is 2.04. The predicted molar refractivity (Wildman–Crippen MR) is 97.2 cm³/mol. The van der Waals surface area contributed by atoms with Crippen LogP contribution in [0.5, 0.6) is 0 Å². The molecular formula is C15H25N3O5S2. The number of methoxy groups -OCH3 is 1. The minimum atomic E-state index is -0.621. The van der Waals surface area contributed by atoms with Gasteiger partial charge < -0.3 is 19.7 Å². The van der Waals surface area contributed by atoms with Crippen LogP contribution in [0.4, 0.5) is 4.79 Å². The quantitative estimate of drug-likeness (QED) is 0.713. The summed E-state index contributed by atoms with van der Waals surface area (Å²) in [4.78, 5) is 40.5. The van der Waals surface area contributed by atoms with Crippen molar-refractivity contribution in [1.82, 2.24) is 15.1 Å². The molecule has 2 rings (SSSR count). The second kappa shape index (κ2) is 8.50. The van der Waals surface area contributed by atoms with Gasteiger partial charge in [0.2, 0.25) is 11.8 Å². The van der Waals surface area contributed by atoms with Crippen LogP contribution >= 0.6 is 23.5 Å². The molecule has 2 heterocycles. The van der Waals surface area contributed by atoms with E-state index in [0.717, 1.165) is 0 Å². The Morgan fingerprint density at radius 3 is 2.28 bits per heavy atom. The maximum Gasteiger partial charge on any atom is 0.411 e. The van der Waals surface area contributed by atoms with E-state index in [1.807, 2.05) is 0 Å². The van der Waals surface area contributed by atoms with Gasteiger partial charge in [0.1, 0.15) is 24.4 Å². The van der Waals surface area contributed by atoms with Crippen LogP contribution in [0.25, 0.3) is 0 Å². The van der Waals surface area contributed by atoms with E-state index in [4.69, 9.17) is 9.47 Å². The number of amides is 3. The van der Waals surface area contributed by atoms with Crippen LogP contribution in [0.2, 0.25) is 0 Å². The number of nitrogens with zero attached hydrogens (tertiary/aromatic N) is 2. The molecule has 0 bridgehead atoms. The van der Waals surface area contributed by atoms with Crippen molar-refractivity contribution < 1.29 is 23.9 Å². The minimum Gasteiger partial charge on any atom is -0.444 e. The second-order valence-electron chi connectivity index (χ2n) is 6.76. The smallest absolute Gasteiger partial charge is 0.411 e. The van der Waals surface area contributed by atoms with E-state index in [9.17, 15) is 14.4 Å². The van der Waals surface area contributed by atoms with Gasteiger partial charge in [-0.3, -0.25) is 14.5 Å². The number of carbonyl (C=O) groups excluding carboxylic acids is 3. The van der Waals surface area contributed by atoms with Crippen LogP contribution in [0.1, 0.15) is 20.8 Å². The monoisotopic (exact) mass is 391 g/mol. The number of hydrogen-bond donors (Lipinski definition) is 1. The molecular weight excluding hydrogens is 366 g/mol. The topological polar surface area (TPSA) is 88.2 Å². The van der Waals surface area contributed by atoms with Crippen LogP contribution in [0, 0.1) is 0 Å².